The first-order chi connectivity index (χ1) is 7.41. The van der Waals surface area contributed by atoms with E-state index in [0.29, 0.717) is 16.0 Å². The van der Waals surface area contributed by atoms with Crippen molar-refractivity contribution in [2.24, 2.45) is 0 Å². The molecule has 88 valence electrons. The third-order valence-corrected chi connectivity index (χ3v) is 3.08. The first-order valence-electron chi connectivity index (χ1n) is 4.66. The summed E-state index contributed by atoms with van der Waals surface area (Å²) in [6.07, 6.45) is 0. The van der Waals surface area contributed by atoms with Crippen LogP contribution in [0.25, 0.3) is 0 Å². The van der Waals surface area contributed by atoms with Crippen molar-refractivity contribution in [3.8, 4) is 0 Å². The smallest absolute Gasteiger partial charge is 0.347 e. The molecule has 6 heteroatoms. The quantitative estimate of drug-likeness (QED) is 0.357. The number of hydrogen-bond donors (Lipinski definition) is 0. The molecule has 0 fully saturated rings. The zero-order valence-electron chi connectivity index (χ0n) is 9.13. The standard InChI is InChI=1S/C10H11Cl2NO3/c1-4-16-10(14)7-8(11)5(2)6(3)13(15)9(7)12/h4H2,1-3H3. The fourth-order valence-corrected chi connectivity index (χ4v) is 1.87. The van der Waals surface area contributed by atoms with Crippen LogP contribution in [-0.2, 0) is 4.74 Å². The number of aromatic nitrogens is 1. The zero-order valence-corrected chi connectivity index (χ0v) is 10.6. The van der Waals surface area contributed by atoms with Crippen molar-refractivity contribution in [2.75, 3.05) is 6.61 Å². The average molecular weight is 264 g/mol. The van der Waals surface area contributed by atoms with Gasteiger partial charge >= 0.3 is 11.1 Å². The SMILES string of the molecule is CCOC(=O)c1c(Cl)c(C)c(C)[n+]([O-])c1Cl. The Bertz CT molecular complexity index is 417. The van der Waals surface area contributed by atoms with Crippen molar-refractivity contribution in [2.45, 2.75) is 20.8 Å². The predicted molar refractivity (Wildman–Crippen MR) is 60.9 cm³/mol. The Morgan fingerprint density at radius 3 is 2.50 bits per heavy atom. The summed E-state index contributed by atoms with van der Waals surface area (Å²) in [7, 11) is 0. The highest BCUT2D eigenvalue weighted by Gasteiger charge is 2.27. The van der Waals surface area contributed by atoms with Gasteiger partial charge in [0.1, 0.15) is 0 Å². The van der Waals surface area contributed by atoms with Crippen LogP contribution in [0.3, 0.4) is 0 Å². The fraction of sp³-hybridized carbons (Fsp3) is 0.400. The van der Waals surface area contributed by atoms with E-state index >= 15 is 0 Å². The van der Waals surface area contributed by atoms with Gasteiger partial charge in [0, 0.05) is 12.5 Å². The van der Waals surface area contributed by atoms with Crippen molar-refractivity contribution >= 4 is 29.2 Å². The van der Waals surface area contributed by atoms with Gasteiger partial charge in [-0.2, -0.15) is 4.73 Å². The Labute approximate surface area is 103 Å². The van der Waals surface area contributed by atoms with Gasteiger partial charge in [-0.25, -0.2) is 4.79 Å². The summed E-state index contributed by atoms with van der Waals surface area (Å²) in [4.78, 5) is 11.6. The predicted octanol–water partition coefficient (Wildman–Crippen LogP) is 2.42. The number of ether oxygens (including phenoxy) is 1. The number of hydrogen-bond acceptors (Lipinski definition) is 3. The molecule has 0 aliphatic carbocycles. The van der Waals surface area contributed by atoms with Crippen molar-refractivity contribution in [3.05, 3.63) is 32.2 Å². The van der Waals surface area contributed by atoms with Crippen LogP contribution in [0.5, 0.6) is 0 Å². The van der Waals surface area contributed by atoms with E-state index in [1.54, 1.807) is 20.8 Å². The molecule has 0 aromatic carbocycles. The molecule has 1 heterocycles. The number of nitrogens with zero attached hydrogens (tertiary/aromatic N) is 1. The molecule has 1 aromatic heterocycles. The molecule has 0 spiro atoms. The molecule has 0 amide bonds. The van der Waals surface area contributed by atoms with E-state index in [9.17, 15) is 10.0 Å². The second kappa shape index (κ2) is 4.89. The summed E-state index contributed by atoms with van der Waals surface area (Å²) >= 11 is 11.7. The maximum atomic E-state index is 11.6. The van der Waals surface area contributed by atoms with Gasteiger partial charge < -0.3 is 9.94 Å². The Morgan fingerprint density at radius 1 is 1.44 bits per heavy atom. The second-order valence-corrected chi connectivity index (χ2v) is 3.94. The van der Waals surface area contributed by atoms with E-state index in [-0.39, 0.29) is 22.3 Å². The molecule has 16 heavy (non-hydrogen) atoms. The normalized spacial score (nSPS) is 10.3. The summed E-state index contributed by atoms with van der Waals surface area (Å²) < 4.78 is 5.25. The first kappa shape index (κ1) is 13.1. The summed E-state index contributed by atoms with van der Waals surface area (Å²) in [6.45, 7) is 5.07. The average Bonchev–Trinajstić information content (AvgIpc) is 2.24. The number of carbonyl (C=O) groups is 1. The van der Waals surface area contributed by atoms with Gasteiger partial charge in [-0.05, 0) is 25.4 Å². The second-order valence-electron chi connectivity index (χ2n) is 3.21. The first-order valence-corrected chi connectivity index (χ1v) is 5.42. The van der Waals surface area contributed by atoms with Crippen LogP contribution in [0.2, 0.25) is 10.2 Å². The van der Waals surface area contributed by atoms with Crippen LogP contribution in [0.1, 0.15) is 28.5 Å². The molecule has 0 radical (unpaired) electrons. The number of esters is 1. The lowest BCUT2D eigenvalue weighted by Gasteiger charge is -2.11. The number of rotatable bonds is 2. The highest BCUT2D eigenvalue weighted by atomic mass is 35.5. The lowest BCUT2D eigenvalue weighted by molar-refractivity contribution is -0.610. The largest absolute Gasteiger partial charge is 0.617 e. The molecule has 4 nitrogen and oxygen atoms in total. The van der Waals surface area contributed by atoms with Gasteiger partial charge in [0.25, 0.3) is 0 Å². The third-order valence-electron chi connectivity index (χ3n) is 2.26. The molecule has 1 rings (SSSR count). The number of pyridine rings is 1. The van der Waals surface area contributed by atoms with Crippen LogP contribution in [0.15, 0.2) is 0 Å². The van der Waals surface area contributed by atoms with Gasteiger partial charge in [0.15, 0.2) is 11.3 Å². The van der Waals surface area contributed by atoms with E-state index in [1.807, 2.05) is 0 Å². The lowest BCUT2D eigenvalue weighted by atomic mass is 10.1. The third kappa shape index (κ3) is 2.08. The van der Waals surface area contributed by atoms with E-state index < -0.39 is 5.97 Å². The van der Waals surface area contributed by atoms with Crippen LogP contribution >= 0.6 is 23.2 Å². The Morgan fingerprint density at radius 2 is 2.00 bits per heavy atom. The minimum atomic E-state index is -0.690. The van der Waals surface area contributed by atoms with Crippen molar-refractivity contribution in [1.29, 1.82) is 0 Å². The highest BCUT2D eigenvalue weighted by Crippen LogP contribution is 2.27. The molecule has 0 saturated carbocycles. The molecule has 0 bridgehead atoms. The molecular formula is C10H11Cl2NO3. The molecule has 0 atom stereocenters. The van der Waals surface area contributed by atoms with Crippen LogP contribution in [-0.4, -0.2) is 12.6 Å². The van der Waals surface area contributed by atoms with Crippen molar-refractivity contribution in [1.82, 2.24) is 0 Å². The molecule has 0 N–H and O–H groups in total. The van der Waals surface area contributed by atoms with Gasteiger partial charge in [-0.1, -0.05) is 11.6 Å². The summed E-state index contributed by atoms with van der Waals surface area (Å²) in [6, 6.07) is 0. The summed E-state index contributed by atoms with van der Waals surface area (Å²) in [5, 5.41) is 11.5. The highest BCUT2D eigenvalue weighted by molar-refractivity contribution is 6.38. The van der Waals surface area contributed by atoms with Crippen molar-refractivity contribution < 1.29 is 14.3 Å². The van der Waals surface area contributed by atoms with Crippen molar-refractivity contribution in [3.63, 3.8) is 0 Å². The molecule has 0 unspecified atom stereocenters. The minimum absolute atomic E-state index is 0.0803. The molecule has 0 aliphatic rings. The number of halogens is 2. The Hall–Kier alpha value is -1.00. The lowest BCUT2D eigenvalue weighted by Crippen LogP contribution is -2.35. The van der Waals surface area contributed by atoms with Gasteiger partial charge in [0.05, 0.1) is 11.6 Å². The minimum Gasteiger partial charge on any atom is -0.617 e. The van der Waals surface area contributed by atoms with Gasteiger partial charge in [-0.15, -0.1) is 0 Å². The van der Waals surface area contributed by atoms with Gasteiger partial charge in [-0.3, -0.25) is 0 Å². The van der Waals surface area contributed by atoms with E-state index in [4.69, 9.17) is 27.9 Å². The topological polar surface area (TPSA) is 53.2 Å². The van der Waals surface area contributed by atoms with E-state index in [2.05, 4.69) is 0 Å². The molecular weight excluding hydrogens is 253 g/mol. The molecule has 1 aromatic rings. The molecule has 0 aliphatic heterocycles. The number of carbonyl (C=O) groups excluding carboxylic acids is 1. The van der Waals surface area contributed by atoms with E-state index in [0.717, 1.165) is 0 Å². The Kier molecular flexibility index (Phi) is 3.99. The monoisotopic (exact) mass is 263 g/mol. The van der Waals surface area contributed by atoms with Crippen LogP contribution in [0.4, 0.5) is 0 Å². The van der Waals surface area contributed by atoms with Crippen LogP contribution < -0.4 is 4.73 Å². The summed E-state index contributed by atoms with van der Waals surface area (Å²) in [5.74, 6) is -0.690. The molecule has 0 saturated heterocycles. The fourth-order valence-electron chi connectivity index (χ4n) is 1.22. The van der Waals surface area contributed by atoms with Crippen LogP contribution in [0, 0.1) is 19.1 Å². The maximum absolute atomic E-state index is 11.6. The van der Waals surface area contributed by atoms with Gasteiger partial charge in [0.2, 0.25) is 0 Å². The summed E-state index contributed by atoms with van der Waals surface area (Å²) in [5.41, 5.74) is 0.801. The van der Waals surface area contributed by atoms with E-state index in [1.165, 1.54) is 0 Å². The zero-order chi connectivity index (χ0) is 12.5. The Balaban J connectivity index is 3.45. The maximum Gasteiger partial charge on any atom is 0.347 e.